The minimum atomic E-state index is 0.284. The van der Waals surface area contributed by atoms with Gasteiger partial charge < -0.3 is 14.5 Å². The van der Waals surface area contributed by atoms with E-state index in [0.717, 1.165) is 19.4 Å². The maximum Gasteiger partial charge on any atom is 0.230 e. The largest absolute Gasteiger partial charge is 0.424 e. The molecule has 2 atom stereocenters. The van der Waals surface area contributed by atoms with Crippen LogP contribution < -0.4 is 5.32 Å². The fourth-order valence-corrected chi connectivity index (χ4v) is 1.95. The Morgan fingerprint density at radius 2 is 2.18 bits per heavy atom. The van der Waals surface area contributed by atoms with Crippen molar-refractivity contribution in [1.29, 1.82) is 0 Å². The molecule has 0 unspecified atom stereocenters. The molecule has 17 heavy (non-hydrogen) atoms. The molecule has 0 spiro atoms. The molecule has 1 aliphatic rings. The lowest BCUT2D eigenvalue weighted by atomic mass is 10.1. The van der Waals surface area contributed by atoms with E-state index in [4.69, 9.17) is 9.15 Å². The first-order chi connectivity index (χ1) is 8.16. The zero-order chi connectivity index (χ0) is 12.3. The molecular formula is C12H21N3O2. The molecule has 1 fully saturated rings. The van der Waals surface area contributed by atoms with Crippen molar-refractivity contribution in [2.24, 2.45) is 0 Å². The van der Waals surface area contributed by atoms with E-state index in [9.17, 15) is 0 Å². The highest BCUT2D eigenvalue weighted by Gasteiger charge is 2.22. The summed E-state index contributed by atoms with van der Waals surface area (Å²) in [5, 5.41) is 11.4. The average molecular weight is 239 g/mol. The Balaban J connectivity index is 1.80. The van der Waals surface area contributed by atoms with Crippen LogP contribution in [-0.2, 0) is 11.3 Å². The van der Waals surface area contributed by atoms with Gasteiger partial charge in [-0.2, -0.15) is 0 Å². The van der Waals surface area contributed by atoms with Gasteiger partial charge in [0, 0.05) is 18.6 Å². The monoisotopic (exact) mass is 239 g/mol. The highest BCUT2D eigenvalue weighted by Crippen LogP contribution is 2.16. The third kappa shape index (κ3) is 3.26. The van der Waals surface area contributed by atoms with Crippen LogP contribution in [0.5, 0.6) is 0 Å². The number of hydrogen-bond acceptors (Lipinski definition) is 5. The molecule has 0 bridgehead atoms. The second-order valence-electron chi connectivity index (χ2n) is 4.91. The third-order valence-electron chi connectivity index (χ3n) is 3.07. The summed E-state index contributed by atoms with van der Waals surface area (Å²) in [5.74, 6) is 1.64. The van der Waals surface area contributed by atoms with Crippen molar-refractivity contribution < 1.29 is 9.15 Å². The van der Waals surface area contributed by atoms with E-state index in [1.165, 1.54) is 0 Å². The smallest absolute Gasteiger partial charge is 0.230 e. The molecule has 5 nitrogen and oxygen atoms in total. The maximum absolute atomic E-state index is 5.62. The lowest BCUT2D eigenvalue weighted by Crippen LogP contribution is -2.36. The maximum atomic E-state index is 5.62. The minimum Gasteiger partial charge on any atom is -0.424 e. The lowest BCUT2D eigenvalue weighted by Gasteiger charge is -2.18. The van der Waals surface area contributed by atoms with Crippen LogP contribution in [0.1, 0.15) is 51.3 Å². The zero-order valence-electron chi connectivity index (χ0n) is 10.8. The molecule has 96 valence electrons. The summed E-state index contributed by atoms with van der Waals surface area (Å²) < 4.78 is 11.2. The van der Waals surface area contributed by atoms with E-state index in [-0.39, 0.29) is 5.92 Å². The molecule has 2 rings (SSSR count). The van der Waals surface area contributed by atoms with Crippen LogP contribution in [0.3, 0.4) is 0 Å². The Hall–Kier alpha value is -0.940. The van der Waals surface area contributed by atoms with Crippen LogP contribution >= 0.6 is 0 Å². The molecule has 2 heterocycles. The van der Waals surface area contributed by atoms with Gasteiger partial charge in [0.05, 0.1) is 12.6 Å². The van der Waals surface area contributed by atoms with Crippen molar-refractivity contribution in [1.82, 2.24) is 15.5 Å². The molecule has 0 amide bonds. The SMILES string of the molecule is CC(C)c1nnc(CN[C@H](C)[C@H]2CCCO2)o1. The summed E-state index contributed by atoms with van der Waals surface area (Å²) >= 11 is 0. The summed E-state index contributed by atoms with van der Waals surface area (Å²) in [6.45, 7) is 7.71. The van der Waals surface area contributed by atoms with Gasteiger partial charge in [-0.25, -0.2) is 0 Å². The Bertz CT molecular complexity index is 345. The van der Waals surface area contributed by atoms with Crippen LogP contribution in [-0.4, -0.2) is 29.0 Å². The predicted molar refractivity (Wildman–Crippen MR) is 63.7 cm³/mol. The number of rotatable bonds is 5. The average Bonchev–Trinajstić information content (AvgIpc) is 2.97. The molecule has 1 aliphatic heterocycles. The van der Waals surface area contributed by atoms with Crippen molar-refractivity contribution in [2.45, 2.75) is 58.2 Å². The van der Waals surface area contributed by atoms with E-state index in [2.05, 4.69) is 22.4 Å². The van der Waals surface area contributed by atoms with Gasteiger partial charge in [0.25, 0.3) is 0 Å². The van der Waals surface area contributed by atoms with Crippen molar-refractivity contribution in [3.8, 4) is 0 Å². The molecule has 0 radical (unpaired) electrons. The Kier molecular flexibility index (Phi) is 4.12. The second kappa shape index (κ2) is 5.60. The fraction of sp³-hybridized carbons (Fsp3) is 0.833. The van der Waals surface area contributed by atoms with Crippen LogP contribution in [0.25, 0.3) is 0 Å². The van der Waals surface area contributed by atoms with Crippen molar-refractivity contribution in [2.75, 3.05) is 6.61 Å². The van der Waals surface area contributed by atoms with Gasteiger partial charge in [-0.3, -0.25) is 0 Å². The van der Waals surface area contributed by atoms with Gasteiger partial charge in [-0.15, -0.1) is 10.2 Å². The molecule has 1 saturated heterocycles. The summed E-state index contributed by atoms with van der Waals surface area (Å²) in [6, 6.07) is 0.326. The molecule has 0 aromatic carbocycles. The third-order valence-corrected chi connectivity index (χ3v) is 3.07. The van der Waals surface area contributed by atoms with E-state index in [1.54, 1.807) is 0 Å². The predicted octanol–water partition coefficient (Wildman–Crippen LogP) is 1.85. The molecule has 0 saturated carbocycles. The first-order valence-electron chi connectivity index (χ1n) is 6.34. The van der Waals surface area contributed by atoms with Crippen LogP contribution in [0.15, 0.2) is 4.42 Å². The number of hydrogen-bond donors (Lipinski definition) is 1. The second-order valence-corrected chi connectivity index (χ2v) is 4.91. The summed E-state index contributed by atoms with van der Waals surface area (Å²) in [5.41, 5.74) is 0. The molecule has 5 heteroatoms. The highest BCUT2D eigenvalue weighted by molar-refractivity contribution is 4.87. The van der Waals surface area contributed by atoms with E-state index >= 15 is 0 Å². The van der Waals surface area contributed by atoms with Crippen molar-refractivity contribution >= 4 is 0 Å². The van der Waals surface area contributed by atoms with Crippen molar-refractivity contribution in [3.63, 3.8) is 0 Å². The van der Waals surface area contributed by atoms with Gasteiger partial charge >= 0.3 is 0 Å². The molecule has 0 aliphatic carbocycles. The summed E-state index contributed by atoms with van der Waals surface area (Å²) in [6.07, 6.45) is 2.62. The van der Waals surface area contributed by atoms with E-state index < -0.39 is 0 Å². The minimum absolute atomic E-state index is 0.284. The molecule has 1 aromatic heterocycles. The van der Waals surface area contributed by atoms with Gasteiger partial charge in [-0.1, -0.05) is 13.8 Å². The van der Waals surface area contributed by atoms with Crippen LogP contribution in [0.4, 0.5) is 0 Å². The van der Waals surface area contributed by atoms with Crippen LogP contribution in [0, 0.1) is 0 Å². The topological polar surface area (TPSA) is 60.2 Å². The lowest BCUT2D eigenvalue weighted by molar-refractivity contribution is 0.0824. The Morgan fingerprint density at radius 3 is 2.76 bits per heavy atom. The highest BCUT2D eigenvalue weighted by atomic mass is 16.5. The quantitative estimate of drug-likeness (QED) is 0.849. The van der Waals surface area contributed by atoms with E-state index in [0.29, 0.717) is 30.5 Å². The molecular weight excluding hydrogens is 218 g/mol. The Morgan fingerprint density at radius 1 is 1.35 bits per heavy atom. The summed E-state index contributed by atoms with van der Waals surface area (Å²) in [4.78, 5) is 0. The normalized spacial score (nSPS) is 22.2. The van der Waals surface area contributed by atoms with Crippen molar-refractivity contribution in [3.05, 3.63) is 11.8 Å². The van der Waals surface area contributed by atoms with Gasteiger partial charge in [0.2, 0.25) is 11.8 Å². The number of nitrogens with one attached hydrogen (secondary N) is 1. The van der Waals surface area contributed by atoms with Crippen LogP contribution in [0.2, 0.25) is 0 Å². The Labute approximate surface area is 102 Å². The first kappa shape index (κ1) is 12.5. The molecule has 1 N–H and O–H groups in total. The van der Waals surface area contributed by atoms with Gasteiger partial charge in [0.15, 0.2) is 0 Å². The van der Waals surface area contributed by atoms with Gasteiger partial charge in [-0.05, 0) is 19.8 Å². The number of ether oxygens (including phenoxy) is 1. The number of nitrogens with zero attached hydrogens (tertiary/aromatic N) is 2. The first-order valence-corrected chi connectivity index (χ1v) is 6.34. The van der Waals surface area contributed by atoms with Gasteiger partial charge in [0.1, 0.15) is 0 Å². The number of aromatic nitrogens is 2. The fourth-order valence-electron chi connectivity index (χ4n) is 1.95. The summed E-state index contributed by atoms with van der Waals surface area (Å²) in [7, 11) is 0. The zero-order valence-corrected chi connectivity index (χ0v) is 10.8. The standard InChI is InChI=1S/C12H21N3O2/c1-8(2)12-15-14-11(17-12)7-13-9(3)10-5-4-6-16-10/h8-10,13H,4-7H2,1-3H3/t9-,10-/m1/s1. The molecule has 1 aromatic rings. The van der Waals surface area contributed by atoms with E-state index in [1.807, 2.05) is 13.8 Å².